The van der Waals surface area contributed by atoms with Gasteiger partial charge in [-0.1, -0.05) is 24.7 Å². The van der Waals surface area contributed by atoms with Crippen molar-refractivity contribution >= 4 is 38.1 Å². The quantitative estimate of drug-likeness (QED) is 0.651. The number of piperidine rings is 1. The third-order valence-corrected chi connectivity index (χ3v) is 8.46. The van der Waals surface area contributed by atoms with Crippen molar-refractivity contribution in [2.45, 2.75) is 43.9 Å². The Hall–Kier alpha value is -2.08. The van der Waals surface area contributed by atoms with Gasteiger partial charge in [0.2, 0.25) is 15.2 Å². The van der Waals surface area contributed by atoms with Crippen LogP contribution in [-0.2, 0) is 21.2 Å². The molecule has 0 spiro atoms. The highest BCUT2D eigenvalue weighted by Crippen LogP contribution is 2.29. The van der Waals surface area contributed by atoms with Gasteiger partial charge in [0.25, 0.3) is 5.91 Å². The van der Waals surface area contributed by atoms with Crippen LogP contribution in [0.1, 0.15) is 48.0 Å². The van der Waals surface area contributed by atoms with Crippen LogP contribution in [0.4, 0.5) is 10.8 Å². The molecule has 0 unspecified atom stereocenters. The summed E-state index contributed by atoms with van der Waals surface area (Å²) in [6.07, 6.45) is 4.50. The normalized spacial score (nSPS) is 18.0. The van der Waals surface area contributed by atoms with Crippen molar-refractivity contribution in [2.24, 2.45) is 0 Å². The number of morpholine rings is 1. The van der Waals surface area contributed by atoms with Crippen molar-refractivity contribution < 1.29 is 17.9 Å². The van der Waals surface area contributed by atoms with Crippen LogP contribution in [-0.4, -0.2) is 68.2 Å². The molecule has 9 nitrogen and oxygen atoms in total. The van der Waals surface area contributed by atoms with Gasteiger partial charge >= 0.3 is 0 Å². The summed E-state index contributed by atoms with van der Waals surface area (Å²) in [4.78, 5) is 15.5. The van der Waals surface area contributed by atoms with Crippen LogP contribution in [0.5, 0.6) is 0 Å². The van der Waals surface area contributed by atoms with E-state index in [-0.39, 0.29) is 10.8 Å². The second-order valence-corrected chi connectivity index (χ2v) is 10.9. The van der Waals surface area contributed by atoms with E-state index < -0.39 is 10.0 Å². The monoisotopic (exact) mass is 479 g/mol. The van der Waals surface area contributed by atoms with Gasteiger partial charge < -0.3 is 9.64 Å². The molecule has 32 heavy (non-hydrogen) atoms. The Bertz CT molecular complexity index is 1040. The van der Waals surface area contributed by atoms with Crippen LogP contribution in [0.15, 0.2) is 23.1 Å². The second-order valence-electron chi connectivity index (χ2n) is 7.95. The number of carbonyl (C=O) groups is 1. The third kappa shape index (κ3) is 5.11. The minimum Gasteiger partial charge on any atom is -0.378 e. The molecule has 174 valence electrons. The molecule has 1 aromatic carbocycles. The highest BCUT2D eigenvalue weighted by atomic mass is 32.2. The lowest BCUT2D eigenvalue weighted by molar-refractivity contribution is 0.102. The molecule has 0 bridgehead atoms. The molecular formula is C21H29N5O4S2. The molecule has 2 aliphatic heterocycles. The van der Waals surface area contributed by atoms with Crippen molar-refractivity contribution in [3.8, 4) is 0 Å². The standard InChI is InChI=1S/C21H29N5O4S2/c1-2-6-19-23-24-21(31-19)22-20(27)17-15-16(32(28,29)26-9-4-3-5-10-26)7-8-18(17)25-11-13-30-14-12-25/h7-8,15H,2-6,9-14H2,1H3,(H,22,24,27). The lowest BCUT2D eigenvalue weighted by atomic mass is 10.1. The molecule has 11 heteroatoms. The van der Waals surface area contributed by atoms with Crippen molar-refractivity contribution in [3.63, 3.8) is 0 Å². The van der Waals surface area contributed by atoms with Gasteiger partial charge in [-0.3, -0.25) is 10.1 Å². The molecule has 3 heterocycles. The van der Waals surface area contributed by atoms with Gasteiger partial charge in [-0.05, 0) is 37.5 Å². The number of nitrogens with one attached hydrogen (secondary N) is 1. The maximum atomic E-state index is 13.3. The minimum absolute atomic E-state index is 0.144. The van der Waals surface area contributed by atoms with Crippen LogP contribution in [0.25, 0.3) is 0 Å². The zero-order chi connectivity index (χ0) is 22.6. The molecule has 0 aliphatic carbocycles. The van der Waals surface area contributed by atoms with Crippen molar-refractivity contribution in [2.75, 3.05) is 49.6 Å². The van der Waals surface area contributed by atoms with Crippen LogP contribution in [0, 0.1) is 0 Å². The molecule has 2 aromatic rings. The van der Waals surface area contributed by atoms with Gasteiger partial charge in [0.15, 0.2) is 0 Å². The van der Waals surface area contributed by atoms with Gasteiger partial charge in [0, 0.05) is 38.3 Å². The number of rotatable bonds is 7. The number of nitrogens with zero attached hydrogens (tertiary/aromatic N) is 4. The molecule has 0 saturated carbocycles. The van der Waals surface area contributed by atoms with Crippen LogP contribution >= 0.6 is 11.3 Å². The van der Waals surface area contributed by atoms with Crippen LogP contribution in [0.3, 0.4) is 0 Å². The lowest BCUT2D eigenvalue weighted by Gasteiger charge is -2.31. The summed E-state index contributed by atoms with van der Waals surface area (Å²) in [6, 6.07) is 4.84. The number of aryl methyl sites for hydroxylation is 1. The SMILES string of the molecule is CCCc1nnc(NC(=O)c2cc(S(=O)(=O)N3CCCCC3)ccc2N2CCOCC2)s1. The number of amides is 1. The fourth-order valence-electron chi connectivity index (χ4n) is 3.98. The van der Waals surface area contributed by atoms with Crippen molar-refractivity contribution in [1.82, 2.24) is 14.5 Å². The summed E-state index contributed by atoms with van der Waals surface area (Å²) in [5, 5.41) is 12.3. The molecular weight excluding hydrogens is 450 g/mol. The van der Waals surface area contributed by atoms with Crippen LogP contribution in [0.2, 0.25) is 0 Å². The fraction of sp³-hybridized carbons (Fsp3) is 0.571. The first kappa shape index (κ1) is 23.1. The Kier molecular flexibility index (Phi) is 7.39. The number of aromatic nitrogens is 2. The van der Waals surface area contributed by atoms with Gasteiger partial charge in [0.1, 0.15) is 5.01 Å². The maximum absolute atomic E-state index is 13.3. The molecule has 1 aromatic heterocycles. The molecule has 2 fully saturated rings. The van der Waals surface area contributed by atoms with Gasteiger partial charge in [-0.15, -0.1) is 10.2 Å². The molecule has 2 aliphatic rings. The van der Waals surface area contributed by atoms with Crippen molar-refractivity contribution in [1.29, 1.82) is 0 Å². The average molecular weight is 480 g/mol. The summed E-state index contributed by atoms with van der Waals surface area (Å²) < 4.78 is 33.4. The molecule has 0 radical (unpaired) electrons. The Balaban J connectivity index is 1.66. The van der Waals surface area contributed by atoms with Gasteiger partial charge in [-0.2, -0.15) is 4.31 Å². The number of hydrogen-bond donors (Lipinski definition) is 1. The van der Waals surface area contributed by atoms with E-state index in [9.17, 15) is 13.2 Å². The number of anilines is 2. The number of carbonyl (C=O) groups excluding carboxylic acids is 1. The summed E-state index contributed by atoms with van der Waals surface area (Å²) in [7, 11) is -3.66. The van der Waals surface area contributed by atoms with E-state index >= 15 is 0 Å². The highest BCUT2D eigenvalue weighted by Gasteiger charge is 2.29. The summed E-state index contributed by atoms with van der Waals surface area (Å²) in [5.74, 6) is -0.388. The fourth-order valence-corrected chi connectivity index (χ4v) is 6.36. The van der Waals surface area contributed by atoms with Crippen molar-refractivity contribution in [3.05, 3.63) is 28.8 Å². The summed E-state index contributed by atoms with van der Waals surface area (Å²) in [6.45, 7) is 5.48. The minimum atomic E-state index is -3.66. The molecule has 4 rings (SSSR count). The van der Waals surface area contributed by atoms with E-state index in [0.29, 0.717) is 55.8 Å². The lowest BCUT2D eigenvalue weighted by Crippen LogP contribution is -2.38. The zero-order valence-corrected chi connectivity index (χ0v) is 19.9. The van der Waals surface area contributed by atoms with E-state index in [1.807, 2.05) is 0 Å². The topological polar surface area (TPSA) is 105 Å². The average Bonchev–Trinajstić information content (AvgIpc) is 3.26. The first-order valence-electron chi connectivity index (χ1n) is 11.1. The number of ether oxygens (including phenoxy) is 1. The first-order valence-corrected chi connectivity index (χ1v) is 13.4. The Morgan fingerprint density at radius 2 is 1.88 bits per heavy atom. The predicted molar refractivity (Wildman–Crippen MR) is 124 cm³/mol. The second kappa shape index (κ2) is 10.2. The van der Waals surface area contributed by atoms with E-state index in [4.69, 9.17) is 4.74 Å². The number of sulfonamides is 1. The molecule has 1 amide bonds. The summed E-state index contributed by atoms with van der Waals surface area (Å²) in [5.41, 5.74) is 1.01. The van der Waals surface area contributed by atoms with E-state index in [2.05, 4.69) is 27.3 Å². The molecule has 2 saturated heterocycles. The summed E-state index contributed by atoms with van der Waals surface area (Å²) >= 11 is 1.34. The Morgan fingerprint density at radius 3 is 2.59 bits per heavy atom. The molecule has 1 N–H and O–H groups in total. The third-order valence-electron chi connectivity index (χ3n) is 5.67. The van der Waals surface area contributed by atoms with E-state index in [0.717, 1.165) is 37.1 Å². The number of benzene rings is 1. The van der Waals surface area contributed by atoms with Gasteiger partial charge in [-0.25, -0.2) is 8.42 Å². The number of hydrogen-bond acceptors (Lipinski definition) is 8. The zero-order valence-electron chi connectivity index (χ0n) is 18.2. The predicted octanol–water partition coefficient (Wildman–Crippen LogP) is 2.75. The van der Waals surface area contributed by atoms with E-state index in [1.165, 1.54) is 21.7 Å². The Morgan fingerprint density at radius 1 is 1.12 bits per heavy atom. The maximum Gasteiger partial charge on any atom is 0.259 e. The smallest absolute Gasteiger partial charge is 0.259 e. The largest absolute Gasteiger partial charge is 0.378 e. The first-order chi connectivity index (χ1) is 15.5. The Labute approximate surface area is 192 Å². The molecule has 0 atom stereocenters. The van der Waals surface area contributed by atoms with Gasteiger partial charge in [0.05, 0.1) is 23.7 Å². The highest BCUT2D eigenvalue weighted by molar-refractivity contribution is 7.89. The van der Waals surface area contributed by atoms with E-state index in [1.54, 1.807) is 12.1 Å². The van der Waals surface area contributed by atoms with Crippen LogP contribution < -0.4 is 10.2 Å².